The lowest BCUT2D eigenvalue weighted by Gasteiger charge is -2.32. The van der Waals surface area contributed by atoms with Crippen molar-refractivity contribution in [3.05, 3.63) is 69.9 Å². The first-order valence-electron chi connectivity index (χ1n) is 13.1. The Bertz CT molecular complexity index is 1310. The van der Waals surface area contributed by atoms with E-state index in [4.69, 9.17) is 13.9 Å². The Hall–Kier alpha value is -2.78. The Morgan fingerprint density at radius 3 is 2.62 bits per heavy atom. The van der Waals surface area contributed by atoms with Crippen molar-refractivity contribution in [2.24, 2.45) is 0 Å². The molecular weight excluding hydrogens is 486 g/mol. The molecule has 3 aliphatic heterocycles. The van der Waals surface area contributed by atoms with E-state index in [0.717, 1.165) is 68.4 Å². The minimum Gasteiger partial charge on any atom is -0.492 e. The summed E-state index contributed by atoms with van der Waals surface area (Å²) >= 11 is 1.74. The summed E-state index contributed by atoms with van der Waals surface area (Å²) in [6.45, 7) is 8.85. The van der Waals surface area contributed by atoms with Crippen molar-refractivity contribution in [2.45, 2.75) is 16.2 Å². The molecule has 0 spiro atoms. The van der Waals surface area contributed by atoms with Crippen LogP contribution in [0.2, 0.25) is 0 Å². The molecule has 0 unspecified atom stereocenters. The molecule has 37 heavy (non-hydrogen) atoms. The molecule has 0 aliphatic carbocycles. The monoisotopic (exact) mass is 519 g/mol. The molecular formula is C29H33N3O4S. The van der Waals surface area contributed by atoms with Gasteiger partial charge < -0.3 is 23.7 Å². The highest BCUT2D eigenvalue weighted by atomic mass is 32.2. The van der Waals surface area contributed by atoms with Crippen LogP contribution in [0.1, 0.15) is 11.1 Å². The number of piperazine rings is 1. The average molecular weight is 520 g/mol. The molecule has 4 heterocycles. The Kier molecular flexibility index (Phi) is 7.24. The van der Waals surface area contributed by atoms with Crippen LogP contribution in [-0.2, 0) is 11.2 Å². The van der Waals surface area contributed by atoms with Crippen LogP contribution < -0.4 is 15.1 Å². The van der Waals surface area contributed by atoms with Gasteiger partial charge in [-0.25, -0.2) is 0 Å². The van der Waals surface area contributed by atoms with Gasteiger partial charge in [-0.1, -0.05) is 30.0 Å². The maximum atomic E-state index is 12.6. The minimum absolute atomic E-state index is 0.0417. The highest BCUT2D eigenvalue weighted by molar-refractivity contribution is 7.99. The van der Waals surface area contributed by atoms with E-state index in [2.05, 4.69) is 52.1 Å². The zero-order valence-corrected chi connectivity index (χ0v) is 22.1. The smallest absolute Gasteiger partial charge is 0.200 e. The van der Waals surface area contributed by atoms with Crippen LogP contribution in [0.5, 0.6) is 5.75 Å². The fourth-order valence-corrected chi connectivity index (χ4v) is 6.31. The highest BCUT2D eigenvalue weighted by Crippen LogP contribution is 2.45. The fourth-order valence-electron chi connectivity index (χ4n) is 5.14. The van der Waals surface area contributed by atoms with Gasteiger partial charge in [-0.3, -0.25) is 9.69 Å². The Labute approximate surface area is 222 Å². The van der Waals surface area contributed by atoms with Gasteiger partial charge in [0.05, 0.1) is 13.2 Å². The van der Waals surface area contributed by atoms with E-state index in [1.165, 1.54) is 16.0 Å². The first-order chi connectivity index (χ1) is 18.1. The number of hydrogen-bond donors (Lipinski definition) is 0. The molecule has 0 amide bonds. The highest BCUT2D eigenvalue weighted by Gasteiger charge is 2.23. The standard InChI is InChI=1S/C29H33N3O4S/c1-30-7-9-31(10-8-30)11-16-35-24-5-6-27-22(18-24)17-21-3-2-4-25(29(21)37-27)26-19-23(33)20-28(36-26)32-12-14-34-15-13-32/h2-6,18-20H,7-17H2,1H3. The number of rotatable bonds is 6. The maximum Gasteiger partial charge on any atom is 0.200 e. The molecule has 7 nitrogen and oxygen atoms in total. The summed E-state index contributed by atoms with van der Waals surface area (Å²) in [5, 5.41) is 0. The molecule has 0 bridgehead atoms. The van der Waals surface area contributed by atoms with Gasteiger partial charge in [0.1, 0.15) is 18.1 Å². The Balaban J connectivity index is 1.18. The molecule has 1 aromatic heterocycles. The van der Waals surface area contributed by atoms with Crippen LogP contribution in [0.3, 0.4) is 0 Å². The molecule has 2 fully saturated rings. The van der Waals surface area contributed by atoms with Crippen molar-refractivity contribution in [3.8, 4) is 17.1 Å². The van der Waals surface area contributed by atoms with E-state index in [1.807, 2.05) is 6.07 Å². The summed E-state index contributed by atoms with van der Waals surface area (Å²) < 4.78 is 17.9. The molecule has 2 saturated heterocycles. The summed E-state index contributed by atoms with van der Waals surface area (Å²) in [5.41, 5.74) is 3.44. The largest absolute Gasteiger partial charge is 0.492 e. The van der Waals surface area contributed by atoms with Gasteiger partial charge in [-0.2, -0.15) is 0 Å². The molecule has 0 N–H and O–H groups in total. The predicted octanol–water partition coefficient (Wildman–Crippen LogP) is 3.83. The number of morpholine rings is 1. The molecule has 0 radical (unpaired) electrons. The van der Waals surface area contributed by atoms with Crippen molar-refractivity contribution in [3.63, 3.8) is 0 Å². The van der Waals surface area contributed by atoms with E-state index in [-0.39, 0.29) is 5.43 Å². The van der Waals surface area contributed by atoms with Crippen molar-refractivity contribution in [2.75, 3.05) is 77.6 Å². The second-order valence-corrected chi connectivity index (χ2v) is 11.0. The molecule has 194 valence electrons. The second-order valence-electron chi connectivity index (χ2n) is 9.93. The number of likely N-dealkylation sites (N-methyl/N-ethyl adjacent to an activating group) is 1. The van der Waals surface area contributed by atoms with Gasteiger partial charge in [-0.15, -0.1) is 0 Å². The summed E-state index contributed by atoms with van der Waals surface area (Å²) in [4.78, 5) is 21.9. The maximum absolute atomic E-state index is 12.6. The summed E-state index contributed by atoms with van der Waals surface area (Å²) in [6, 6.07) is 15.9. The third-order valence-corrected chi connectivity index (χ3v) is 8.64. The third-order valence-electron chi connectivity index (χ3n) is 7.34. The van der Waals surface area contributed by atoms with Gasteiger partial charge in [0.2, 0.25) is 0 Å². The van der Waals surface area contributed by atoms with Crippen molar-refractivity contribution in [1.29, 1.82) is 0 Å². The fraction of sp³-hybridized carbons (Fsp3) is 0.414. The number of benzene rings is 2. The molecule has 3 aliphatic rings. The van der Waals surface area contributed by atoms with Crippen LogP contribution >= 0.6 is 11.8 Å². The van der Waals surface area contributed by atoms with E-state index < -0.39 is 0 Å². The third kappa shape index (κ3) is 5.57. The normalized spacial score (nSPS) is 18.4. The second kappa shape index (κ2) is 10.9. The van der Waals surface area contributed by atoms with Gasteiger partial charge in [0, 0.05) is 73.3 Å². The van der Waals surface area contributed by atoms with Gasteiger partial charge in [0.15, 0.2) is 11.3 Å². The van der Waals surface area contributed by atoms with Crippen molar-refractivity contribution >= 4 is 17.6 Å². The van der Waals surface area contributed by atoms with Gasteiger partial charge >= 0.3 is 0 Å². The van der Waals surface area contributed by atoms with Crippen LogP contribution in [0.15, 0.2) is 67.5 Å². The lowest BCUT2D eigenvalue weighted by molar-refractivity contribution is 0.120. The van der Waals surface area contributed by atoms with Crippen LogP contribution in [-0.4, -0.2) is 82.5 Å². The topological polar surface area (TPSA) is 58.4 Å². The molecule has 2 aromatic carbocycles. The predicted molar refractivity (Wildman–Crippen MR) is 146 cm³/mol. The molecule has 6 rings (SSSR count). The molecule has 8 heteroatoms. The SMILES string of the molecule is CN1CCN(CCOc2ccc3c(c2)Cc2cccc(-c4cc(=O)cc(N5CCOCC5)o4)c2S3)CC1. The molecule has 3 aromatic rings. The number of ether oxygens (including phenoxy) is 2. The summed E-state index contributed by atoms with van der Waals surface area (Å²) in [7, 11) is 2.18. The van der Waals surface area contributed by atoms with E-state index >= 15 is 0 Å². The summed E-state index contributed by atoms with van der Waals surface area (Å²) in [5.74, 6) is 2.16. The van der Waals surface area contributed by atoms with Gasteiger partial charge in [0.25, 0.3) is 0 Å². The number of fused-ring (bicyclic) bond motifs is 2. The van der Waals surface area contributed by atoms with Crippen LogP contribution in [0.4, 0.5) is 5.88 Å². The van der Waals surface area contributed by atoms with Crippen molar-refractivity contribution in [1.82, 2.24) is 9.80 Å². The van der Waals surface area contributed by atoms with Gasteiger partial charge in [-0.05, 0) is 42.8 Å². The Morgan fingerprint density at radius 2 is 1.78 bits per heavy atom. The van der Waals surface area contributed by atoms with Crippen LogP contribution in [0, 0.1) is 0 Å². The van der Waals surface area contributed by atoms with Crippen LogP contribution in [0.25, 0.3) is 11.3 Å². The van der Waals surface area contributed by atoms with Crippen molar-refractivity contribution < 1.29 is 13.9 Å². The number of anilines is 1. The van der Waals surface area contributed by atoms with E-state index in [1.54, 1.807) is 23.9 Å². The zero-order chi connectivity index (χ0) is 25.2. The lowest BCUT2D eigenvalue weighted by Crippen LogP contribution is -2.45. The molecule has 0 saturated carbocycles. The average Bonchev–Trinajstić information content (AvgIpc) is 2.93. The number of nitrogens with zero attached hydrogens (tertiary/aromatic N) is 3. The van der Waals surface area contributed by atoms with E-state index in [9.17, 15) is 4.79 Å². The Morgan fingerprint density at radius 1 is 0.946 bits per heavy atom. The van der Waals surface area contributed by atoms with E-state index in [0.29, 0.717) is 31.5 Å². The molecule has 0 atom stereocenters. The zero-order valence-electron chi connectivity index (χ0n) is 21.3. The number of hydrogen-bond acceptors (Lipinski definition) is 8. The lowest BCUT2D eigenvalue weighted by atomic mass is 10.0. The summed E-state index contributed by atoms with van der Waals surface area (Å²) in [6.07, 6.45) is 0.828. The first-order valence-corrected chi connectivity index (χ1v) is 13.9. The quantitative estimate of drug-likeness (QED) is 0.381. The first kappa shape index (κ1) is 24.6. The minimum atomic E-state index is -0.0417.